The Morgan fingerprint density at radius 1 is 1.39 bits per heavy atom. The van der Waals surface area contributed by atoms with E-state index in [2.05, 4.69) is 5.32 Å². The number of hydrogen-bond donors (Lipinski definition) is 1. The lowest BCUT2D eigenvalue weighted by molar-refractivity contribution is -0.137. The average Bonchev–Trinajstić information content (AvgIpc) is 2.76. The van der Waals surface area contributed by atoms with E-state index in [9.17, 15) is 26.4 Å². The van der Waals surface area contributed by atoms with Gasteiger partial charge in [0.2, 0.25) is 5.91 Å². The topological polar surface area (TPSA) is 63.2 Å². The second kappa shape index (κ2) is 6.35. The van der Waals surface area contributed by atoms with Crippen LogP contribution in [-0.2, 0) is 20.8 Å². The van der Waals surface area contributed by atoms with E-state index in [1.54, 1.807) is 6.92 Å². The minimum atomic E-state index is -4.44. The highest BCUT2D eigenvalue weighted by Gasteiger charge is 2.31. The number of allylic oxidation sites excluding steroid dienone is 1. The number of carbonyl (C=O) groups excluding carboxylic acids is 1. The summed E-state index contributed by atoms with van der Waals surface area (Å²) in [7, 11) is -3.23. The molecule has 0 saturated carbocycles. The maximum atomic E-state index is 12.7. The number of nitrogens with one attached hydrogen (secondary N) is 1. The summed E-state index contributed by atoms with van der Waals surface area (Å²) < 4.78 is 60.6. The molecule has 1 aromatic carbocycles. The first-order valence-electron chi connectivity index (χ1n) is 6.94. The Balaban J connectivity index is 1.98. The van der Waals surface area contributed by atoms with Crippen molar-refractivity contribution in [1.29, 1.82) is 0 Å². The fourth-order valence-electron chi connectivity index (χ4n) is 2.37. The molecule has 1 aliphatic heterocycles. The molecule has 0 fully saturated rings. The van der Waals surface area contributed by atoms with Crippen LogP contribution in [0.5, 0.6) is 0 Å². The third kappa shape index (κ3) is 4.82. The van der Waals surface area contributed by atoms with Crippen LogP contribution in [0.15, 0.2) is 35.7 Å². The molecule has 23 heavy (non-hydrogen) atoms. The molecule has 0 aromatic heterocycles. The van der Waals surface area contributed by atoms with Crippen molar-refractivity contribution in [3.63, 3.8) is 0 Å². The van der Waals surface area contributed by atoms with Crippen molar-refractivity contribution >= 4 is 15.7 Å². The first-order valence-corrected chi connectivity index (χ1v) is 8.66. The first-order chi connectivity index (χ1) is 10.6. The van der Waals surface area contributed by atoms with Crippen LogP contribution < -0.4 is 5.32 Å². The molecule has 1 amide bonds. The van der Waals surface area contributed by atoms with E-state index in [4.69, 9.17) is 0 Å². The molecule has 1 aromatic rings. The van der Waals surface area contributed by atoms with Gasteiger partial charge in [-0.25, -0.2) is 8.42 Å². The number of amides is 1. The van der Waals surface area contributed by atoms with Gasteiger partial charge in [-0.3, -0.25) is 4.79 Å². The Morgan fingerprint density at radius 2 is 2.09 bits per heavy atom. The van der Waals surface area contributed by atoms with Gasteiger partial charge < -0.3 is 5.32 Å². The van der Waals surface area contributed by atoms with Gasteiger partial charge in [0.25, 0.3) is 0 Å². The molecule has 2 atom stereocenters. The number of hydrogen-bond acceptors (Lipinski definition) is 3. The molecule has 2 unspecified atom stereocenters. The molecule has 0 spiro atoms. The molecule has 1 heterocycles. The van der Waals surface area contributed by atoms with Crippen LogP contribution in [0.25, 0.3) is 0 Å². The SMILES string of the molecule is CC(NC(=O)CC1C=CS(=O)(=O)C1)c1cccc(C(F)(F)F)c1. The monoisotopic (exact) mass is 347 g/mol. The zero-order chi connectivity index (χ0) is 17.3. The highest BCUT2D eigenvalue weighted by molar-refractivity contribution is 7.94. The summed E-state index contributed by atoms with van der Waals surface area (Å²) in [5, 5.41) is 3.68. The Labute approximate surface area is 132 Å². The lowest BCUT2D eigenvalue weighted by atomic mass is 10.0. The zero-order valence-corrected chi connectivity index (χ0v) is 13.1. The van der Waals surface area contributed by atoms with E-state index in [0.717, 1.165) is 17.5 Å². The van der Waals surface area contributed by atoms with Crippen LogP contribution in [-0.4, -0.2) is 20.1 Å². The third-order valence-corrected chi connectivity index (χ3v) is 5.01. The Kier molecular flexibility index (Phi) is 4.84. The molecule has 126 valence electrons. The Morgan fingerprint density at radius 3 is 2.65 bits per heavy atom. The van der Waals surface area contributed by atoms with E-state index < -0.39 is 39.4 Å². The second-order valence-corrected chi connectivity index (χ2v) is 7.47. The van der Waals surface area contributed by atoms with Gasteiger partial charge in [0.1, 0.15) is 0 Å². The van der Waals surface area contributed by atoms with E-state index >= 15 is 0 Å². The minimum Gasteiger partial charge on any atom is -0.350 e. The van der Waals surface area contributed by atoms with Gasteiger partial charge in [-0.05, 0) is 24.6 Å². The minimum absolute atomic E-state index is 0.0148. The van der Waals surface area contributed by atoms with Crippen molar-refractivity contribution in [1.82, 2.24) is 5.32 Å². The quantitative estimate of drug-likeness (QED) is 0.911. The molecular weight excluding hydrogens is 331 g/mol. The summed E-state index contributed by atoms with van der Waals surface area (Å²) in [6.45, 7) is 1.58. The lowest BCUT2D eigenvalue weighted by Gasteiger charge is -2.17. The van der Waals surface area contributed by atoms with Crippen molar-refractivity contribution in [3.8, 4) is 0 Å². The van der Waals surface area contributed by atoms with Crippen LogP contribution in [0.3, 0.4) is 0 Å². The predicted octanol–water partition coefficient (Wildman–Crippen LogP) is 2.83. The standard InChI is InChI=1S/C15H16F3NO3S/c1-10(12-3-2-4-13(8-12)15(16,17)18)19-14(20)7-11-5-6-23(21,22)9-11/h2-6,8,10-11H,7,9H2,1H3,(H,19,20). The fourth-order valence-corrected chi connectivity index (χ4v) is 3.77. The summed E-state index contributed by atoms with van der Waals surface area (Å²) in [5.74, 6) is -0.909. The van der Waals surface area contributed by atoms with Crippen molar-refractivity contribution < 1.29 is 26.4 Å². The highest BCUT2D eigenvalue weighted by Crippen LogP contribution is 2.30. The van der Waals surface area contributed by atoms with Crippen molar-refractivity contribution in [2.45, 2.75) is 25.6 Å². The molecule has 0 aliphatic carbocycles. The van der Waals surface area contributed by atoms with Crippen molar-refractivity contribution in [2.24, 2.45) is 5.92 Å². The van der Waals surface area contributed by atoms with Gasteiger partial charge in [0, 0.05) is 17.7 Å². The van der Waals surface area contributed by atoms with E-state index in [1.165, 1.54) is 18.2 Å². The largest absolute Gasteiger partial charge is 0.416 e. The van der Waals surface area contributed by atoms with E-state index in [-0.39, 0.29) is 12.2 Å². The maximum absolute atomic E-state index is 12.7. The summed E-state index contributed by atoms with van der Waals surface area (Å²) >= 11 is 0. The summed E-state index contributed by atoms with van der Waals surface area (Å²) in [5.41, 5.74) is -0.441. The third-order valence-electron chi connectivity index (χ3n) is 3.54. The smallest absolute Gasteiger partial charge is 0.350 e. The maximum Gasteiger partial charge on any atom is 0.416 e. The molecule has 1 aliphatic rings. The van der Waals surface area contributed by atoms with E-state index in [1.807, 2.05) is 0 Å². The summed E-state index contributed by atoms with van der Waals surface area (Å²) in [4.78, 5) is 11.9. The Bertz CT molecular complexity index is 726. The fraction of sp³-hybridized carbons (Fsp3) is 0.400. The van der Waals surface area contributed by atoms with Crippen LogP contribution in [0, 0.1) is 5.92 Å². The average molecular weight is 347 g/mol. The number of alkyl halides is 3. The predicted molar refractivity (Wildman–Crippen MR) is 79.0 cm³/mol. The molecule has 4 nitrogen and oxygen atoms in total. The van der Waals surface area contributed by atoms with Crippen LogP contribution >= 0.6 is 0 Å². The molecule has 8 heteroatoms. The second-order valence-electron chi connectivity index (χ2n) is 5.53. The number of halogens is 3. The van der Waals surface area contributed by atoms with Crippen molar-refractivity contribution in [2.75, 3.05) is 5.75 Å². The lowest BCUT2D eigenvalue weighted by Crippen LogP contribution is -2.28. The van der Waals surface area contributed by atoms with Gasteiger partial charge in [0.15, 0.2) is 9.84 Å². The number of benzene rings is 1. The molecular formula is C15H16F3NO3S. The van der Waals surface area contributed by atoms with Gasteiger partial charge in [-0.2, -0.15) is 13.2 Å². The molecule has 0 saturated heterocycles. The van der Waals surface area contributed by atoms with E-state index in [0.29, 0.717) is 5.56 Å². The molecule has 0 bridgehead atoms. The molecule has 0 radical (unpaired) electrons. The number of rotatable bonds is 4. The molecule has 2 rings (SSSR count). The number of sulfone groups is 1. The van der Waals surface area contributed by atoms with Gasteiger partial charge in [-0.1, -0.05) is 18.2 Å². The zero-order valence-electron chi connectivity index (χ0n) is 12.3. The highest BCUT2D eigenvalue weighted by atomic mass is 32.2. The van der Waals surface area contributed by atoms with Crippen LogP contribution in [0.4, 0.5) is 13.2 Å². The molecule has 1 N–H and O–H groups in total. The Hall–Kier alpha value is -1.83. The number of carbonyl (C=O) groups is 1. The van der Waals surface area contributed by atoms with Gasteiger partial charge in [-0.15, -0.1) is 0 Å². The van der Waals surface area contributed by atoms with Gasteiger partial charge in [0.05, 0.1) is 17.4 Å². The van der Waals surface area contributed by atoms with Crippen LogP contribution in [0.2, 0.25) is 0 Å². The van der Waals surface area contributed by atoms with Gasteiger partial charge >= 0.3 is 6.18 Å². The normalized spacial score (nSPS) is 21.1. The van der Waals surface area contributed by atoms with Crippen molar-refractivity contribution in [3.05, 3.63) is 46.9 Å². The first kappa shape index (κ1) is 17.5. The summed E-state index contributed by atoms with van der Waals surface area (Å²) in [6.07, 6.45) is -2.99. The summed E-state index contributed by atoms with van der Waals surface area (Å²) in [6, 6.07) is 4.14. The van der Waals surface area contributed by atoms with Crippen LogP contribution in [0.1, 0.15) is 30.5 Å².